The molecule has 1 atom stereocenters. The second-order valence-electron chi connectivity index (χ2n) is 4.00. The van der Waals surface area contributed by atoms with Crippen molar-refractivity contribution < 1.29 is 4.79 Å². The molecule has 15 heavy (non-hydrogen) atoms. The van der Waals surface area contributed by atoms with E-state index in [-0.39, 0.29) is 11.8 Å². The van der Waals surface area contributed by atoms with Crippen LogP contribution in [0.4, 0.5) is 0 Å². The molecule has 1 saturated heterocycles. The van der Waals surface area contributed by atoms with Crippen LogP contribution in [-0.2, 0) is 4.79 Å². The van der Waals surface area contributed by atoms with Gasteiger partial charge in [0.2, 0.25) is 5.91 Å². The number of hydrogen-bond acceptors (Lipinski definition) is 1. The highest BCUT2D eigenvalue weighted by molar-refractivity contribution is 5.95. The fourth-order valence-electron chi connectivity index (χ4n) is 2.05. The van der Waals surface area contributed by atoms with Crippen molar-refractivity contribution in [3.05, 3.63) is 48.0 Å². The summed E-state index contributed by atoms with van der Waals surface area (Å²) in [5.74, 6) is 0.282. The summed E-state index contributed by atoms with van der Waals surface area (Å²) in [5.41, 5.74) is 1.92. The average Bonchev–Trinajstić information content (AvgIpc) is 2.27. The van der Waals surface area contributed by atoms with Gasteiger partial charge in [0.25, 0.3) is 0 Å². The number of likely N-dealkylation sites (N-methyl/N-ethyl adjacent to an activating group) is 1. The maximum atomic E-state index is 11.7. The molecule has 0 aliphatic carbocycles. The lowest BCUT2D eigenvalue weighted by Crippen LogP contribution is -2.36. The van der Waals surface area contributed by atoms with E-state index in [9.17, 15) is 4.79 Å². The molecule has 0 N–H and O–H groups in total. The second kappa shape index (κ2) is 3.89. The zero-order valence-corrected chi connectivity index (χ0v) is 8.94. The highest BCUT2D eigenvalue weighted by Gasteiger charge is 2.28. The molecule has 2 heteroatoms. The van der Waals surface area contributed by atoms with Gasteiger partial charge in [0.1, 0.15) is 0 Å². The second-order valence-corrected chi connectivity index (χ2v) is 4.00. The van der Waals surface area contributed by atoms with Crippen molar-refractivity contribution in [1.29, 1.82) is 0 Å². The lowest BCUT2D eigenvalue weighted by Gasteiger charge is -2.30. The van der Waals surface area contributed by atoms with Crippen molar-refractivity contribution in [3.8, 4) is 0 Å². The molecule has 1 heterocycles. The molecule has 1 aromatic rings. The van der Waals surface area contributed by atoms with E-state index in [1.165, 1.54) is 5.56 Å². The van der Waals surface area contributed by atoms with Crippen molar-refractivity contribution in [3.63, 3.8) is 0 Å². The topological polar surface area (TPSA) is 20.3 Å². The van der Waals surface area contributed by atoms with Crippen molar-refractivity contribution in [2.75, 3.05) is 13.6 Å². The Morgan fingerprint density at radius 3 is 2.67 bits per heavy atom. The number of likely N-dealkylation sites (tertiary alicyclic amines) is 1. The Morgan fingerprint density at radius 1 is 1.33 bits per heavy atom. The van der Waals surface area contributed by atoms with E-state index in [1.54, 1.807) is 4.90 Å². The summed E-state index contributed by atoms with van der Waals surface area (Å²) in [6.07, 6.45) is 0.977. The summed E-state index contributed by atoms with van der Waals surface area (Å²) in [7, 11) is 1.83. The van der Waals surface area contributed by atoms with Gasteiger partial charge < -0.3 is 4.90 Å². The summed E-state index contributed by atoms with van der Waals surface area (Å²) in [6.45, 7) is 4.73. The third-order valence-electron chi connectivity index (χ3n) is 3.00. The molecule has 0 bridgehead atoms. The monoisotopic (exact) mass is 201 g/mol. The minimum Gasteiger partial charge on any atom is -0.342 e. The molecule has 78 valence electrons. The standard InChI is InChI=1S/C13H15NO/c1-10-12(8-9-14(2)13(10)15)11-6-4-3-5-7-11/h3-7,12H,1,8-9H2,2H3/t12-/m1/s1. The molecule has 0 saturated carbocycles. The van der Waals surface area contributed by atoms with Gasteiger partial charge in [-0.3, -0.25) is 4.79 Å². The Hall–Kier alpha value is -1.57. The molecule has 2 nitrogen and oxygen atoms in total. The zero-order chi connectivity index (χ0) is 10.8. The maximum absolute atomic E-state index is 11.7. The van der Waals surface area contributed by atoms with E-state index in [2.05, 4.69) is 18.7 Å². The Bertz CT molecular complexity index is 383. The third kappa shape index (κ3) is 1.80. The van der Waals surface area contributed by atoms with Crippen LogP contribution in [-0.4, -0.2) is 24.4 Å². The van der Waals surface area contributed by atoms with Gasteiger partial charge in [-0.05, 0) is 12.0 Å². The smallest absolute Gasteiger partial charge is 0.249 e. The number of carbonyl (C=O) groups is 1. The number of nitrogens with zero attached hydrogens (tertiary/aromatic N) is 1. The van der Waals surface area contributed by atoms with E-state index >= 15 is 0 Å². The van der Waals surface area contributed by atoms with E-state index in [1.807, 2.05) is 25.2 Å². The number of benzene rings is 1. The van der Waals surface area contributed by atoms with Crippen LogP contribution in [0, 0.1) is 0 Å². The van der Waals surface area contributed by atoms with Gasteiger partial charge in [-0.15, -0.1) is 0 Å². The normalized spacial score (nSPS) is 21.9. The predicted octanol–water partition coefficient (Wildman–Crippen LogP) is 2.19. The summed E-state index contributed by atoms with van der Waals surface area (Å²) >= 11 is 0. The molecule has 1 aliphatic heterocycles. The Morgan fingerprint density at radius 2 is 2.00 bits per heavy atom. The van der Waals surface area contributed by atoms with Crippen molar-refractivity contribution in [2.24, 2.45) is 0 Å². The molecule has 1 aliphatic rings. The first-order chi connectivity index (χ1) is 7.20. The Kier molecular flexibility index (Phi) is 2.58. The van der Waals surface area contributed by atoms with Gasteiger partial charge in [-0.1, -0.05) is 36.9 Å². The molecule has 2 rings (SSSR count). The van der Waals surface area contributed by atoms with Crippen LogP contribution in [0.25, 0.3) is 0 Å². The lowest BCUT2D eigenvalue weighted by atomic mass is 9.86. The van der Waals surface area contributed by atoms with Crippen LogP contribution in [0.2, 0.25) is 0 Å². The first-order valence-corrected chi connectivity index (χ1v) is 5.19. The van der Waals surface area contributed by atoms with Gasteiger partial charge in [0.05, 0.1) is 0 Å². The van der Waals surface area contributed by atoms with Crippen LogP contribution >= 0.6 is 0 Å². The van der Waals surface area contributed by atoms with Crippen molar-refractivity contribution in [2.45, 2.75) is 12.3 Å². The van der Waals surface area contributed by atoms with Gasteiger partial charge in [-0.25, -0.2) is 0 Å². The fraction of sp³-hybridized carbons (Fsp3) is 0.308. The van der Waals surface area contributed by atoms with Crippen LogP contribution < -0.4 is 0 Å². The minimum absolute atomic E-state index is 0.0788. The molecule has 0 radical (unpaired) electrons. The number of rotatable bonds is 1. The first kappa shape index (κ1) is 9.97. The number of hydrogen-bond donors (Lipinski definition) is 0. The summed E-state index contributed by atoms with van der Waals surface area (Å²) in [5, 5.41) is 0. The number of carbonyl (C=O) groups excluding carboxylic acids is 1. The van der Waals surface area contributed by atoms with E-state index in [4.69, 9.17) is 0 Å². The van der Waals surface area contributed by atoms with E-state index < -0.39 is 0 Å². The van der Waals surface area contributed by atoms with Crippen molar-refractivity contribution >= 4 is 5.91 Å². The molecule has 0 unspecified atom stereocenters. The van der Waals surface area contributed by atoms with E-state index in [0.717, 1.165) is 18.5 Å². The molecule has 1 amide bonds. The highest BCUT2D eigenvalue weighted by atomic mass is 16.2. The number of amides is 1. The molecule has 1 fully saturated rings. The van der Waals surface area contributed by atoms with E-state index in [0.29, 0.717) is 0 Å². The zero-order valence-electron chi connectivity index (χ0n) is 8.94. The molecule has 0 aromatic heterocycles. The third-order valence-corrected chi connectivity index (χ3v) is 3.00. The van der Waals surface area contributed by atoms with Crippen LogP contribution in [0.5, 0.6) is 0 Å². The summed E-state index contributed by atoms with van der Waals surface area (Å²) in [4.78, 5) is 13.5. The van der Waals surface area contributed by atoms with Gasteiger partial charge in [0.15, 0.2) is 0 Å². The van der Waals surface area contributed by atoms with Crippen LogP contribution in [0.3, 0.4) is 0 Å². The first-order valence-electron chi connectivity index (χ1n) is 5.19. The van der Waals surface area contributed by atoms with Gasteiger partial charge >= 0.3 is 0 Å². The molecular weight excluding hydrogens is 186 g/mol. The average molecular weight is 201 g/mol. The Balaban J connectivity index is 2.25. The highest BCUT2D eigenvalue weighted by Crippen LogP contribution is 2.31. The predicted molar refractivity (Wildman–Crippen MR) is 60.6 cm³/mol. The maximum Gasteiger partial charge on any atom is 0.249 e. The molecule has 0 spiro atoms. The van der Waals surface area contributed by atoms with Crippen LogP contribution in [0.15, 0.2) is 42.5 Å². The summed E-state index contributed by atoms with van der Waals surface area (Å²) in [6, 6.07) is 10.1. The fourth-order valence-corrected chi connectivity index (χ4v) is 2.05. The van der Waals surface area contributed by atoms with Gasteiger partial charge in [0, 0.05) is 25.1 Å². The van der Waals surface area contributed by atoms with Gasteiger partial charge in [-0.2, -0.15) is 0 Å². The molecule has 1 aromatic carbocycles. The molecular formula is C13H15NO. The summed E-state index contributed by atoms with van der Waals surface area (Å²) < 4.78 is 0. The Labute approximate surface area is 90.2 Å². The minimum atomic E-state index is 0.0788. The largest absolute Gasteiger partial charge is 0.342 e. The lowest BCUT2D eigenvalue weighted by molar-refractivity contribution is -0.127. The SMILES string of the molecule is C=C1C(=O)N(C)CC[C@H]1c1ccccc1. The van der Waals surface area contributed by atoms with Crippen LogP contribution in [0.1, 0.15) is 17.9 Å². The van der Waals surface area contributed by atoms with Crippen molar-refractivity contribution in [1.82, 2.24) is 4.90 Å². The quantitative estimate of drug-likeness (QED) is 0.638. The number of piperidine rings is 1.